The highest BCUT2D eigenvalue weighted by atomic mass is 127. The Hall–Kier alpha value is -1.77. The summed E-state index contributed by atoms with van der Waals surface area (Å²) < 4.78 is 0. The van der Waals surface area contributed by atoms with Crippen molar-refractivity contribution in [1.29, 1.82) is 0 Å². The van der Waals surface area contributed by atoms with E-state index in [1.165, 1.54) is 22.2 Å². The summed E-state index contributed by atoms with van der Waals surface area (Å²) in [5, 5.41) is 4.70. The Morgan fingerprint density at radius 3 is 2.93 bits per heavy atom. The van der Waals surface area contributed by atoms with Crippen molar-refractivity contribution in [3.05, 3.63) is 35.5 Å². The van der Waals surface area contributed by atoms with E-state index in [4.69, 9.17) is 10.7 Å². The molecule has 0 saturated carbocycles. The van der Waals surface area contributed by atoms with Gasteiger partial charge in [0.1, 0.15) is 0 Å². The first-order valence-electron chi connectivity index (χ1n) is 9.96. The van der Waals surface area contributed by atoms with Gasteiger partial charge < -0.3 is 20.9 Å². The maximum atomic E-state index is 11.3. The number of piperidine rings is 1. The molecule has 0 spiro atoms. The van der Waals surface area contributed by atoms with Gasteiger partial charge in [0, 0.05) is 49.2 Å². The van der Waals surface area contributed by atoms with Crippen molar-refractivity contribution in [3.63, 3.8) is 0 Å². The molecule has 154 valence electrons. The zero-order valence-electron chi connectivity index (χ0n) is 16.8. The Kier molecular flexibility index (Phi) is 8.59. The summed E-state index contributed by atoms with van der Waals surface area (Å²) >= 11 is 0. The average Bonchev–Trinajstić information content (AvgIpc) is 2.96. The molecule has 1 amide bonds. The molecule has 0 radical (unpaired) electrons. The number of likely N-dealkylation sites (tertiary alicyclic amines) is 1. The van der Waals surface area contributed by atoms with Gasteiger partial charge in [-0.2, -0.15) is 0 Å². The van der Waals surface area contributed by atoms with Crippen molar-refractivity contribution >= 4 is 46.7 Å². The van der Waals surface area contributed by atoms with E-state index in [-0.39, 0.29) is 29.9 Å². The Morgan fingerprint density at radius 1 is 1.39 bits per heavy atom. The highest BCUT2D eigenvalue weighted by Crippen LogP contribution is 2.23. The van der Waals surface area contributed by atoms with Crippen LogP contribution < -0.4 is 11.1 Å². The molecule has 28 heavy (non-hydrogen) atoms. The van der Waals surface area contributed by atoms with Gasteiger partial charge in [0.05, 0.1) is 0 Å². The molecule has 0 aliphatic carbocycles. The summed E-state index contributed by atoms with van der Waals surface area (Å²) in [7, 11) is 0. The Balaban J connectivity index is 0.00000280. The van der Waals surface area contributed by atoms with Gasteiger partial charge >= 0.3 is 0 Å². The van der Waals surface area contributed by atoms with Gasteiger partial charge in [-0.1, -0.05) is 18.2 Å². The number of aliphatic imine (C=N–C) groups is 1. The van der Waals surface area contributed by atoms with E-state index in [0.717, 1.165) is 51.4 Å². The SMILES string of the molecule is CCNC(=NCCc1c(C)[nH]c2ccccc12)N1CCCC(CC(N)=O)C1.I. The van der Waals surface area contributed by atoms with Crippen LogP contribution in [0.25, 0.3) is 10.9 Å². The lowest BCUT2D eigenvalue weighted by Gasteiger charge is -2.34. The Morgan fingerprint density at radius 2 is 2.18 bits per heavy atom. The van der Waals surface area contributed by atoms with E-state index in [1.807, 2.05) is 0 Å². The van der Waals surface area contributed by atoms with Crippen molar-refractivity contribution in [1.82, 2.24) is 15.2 Å². The molecule has 1 saturated heterocycles. The van der Waals surface area contributed by atoms with Gasteiger partial charge in [0.15, 0.2) is 5.96 Å². The third-order valence-electron chi connectivity index (χ3n) is 5.29. The van der Waals surface area contributed by atoms with E-state index in [0.29, 0.717) is 12.3 Å². The first-order chi connectivity index (χ1) is 13.1. The molecule has 0 bridgehead atoms. The van der Waals surface area contributed by atoms with Crippen molar-refractivity contribution < 1.29 is 4.79 Å². The molecule has 1 aliphatic rings. The molecule has 1 atom stereocenters. The quantitative estimate of drug-likeness (QED) is 0.326. The van der Waals surface area contributed by atoms with Crippen LogP contribution in [0.15, 0.2) is 29.3 Å². The van der Waals surface area contributed by atoms with E-state index < -0.39 is 0 Å². The molecule has 1 unspecified atom stereocenters. The third-order valence-corrected chi connectivity index (χ3v) is 5.29. The number of aryl methyl sites for hydroxylation is 1. The highest BCUT2D eigenvalue weighted by Gasteiger charge is 2.23. The molecule has 4 N–H and O–H groups in total. The van der Waals surface area contributed by atoms with E-state index >= 15 is 0 Å². The predicted molar refractivity (Wildman–Crippen MR) is 126 cm³/mol. The maximum Gasteiger partial charge on any atom is 0.217 e. The second-order valence-electron chi connectivity index (χ2n) is 7.38. The number of nitrogens with one attached hydrogen (secondary N) is 2. The first kappa shape index (κ1) is 22.5. The Labute approximate surface area is 184 Å². The number of nitrogens with two attached hydrogens (primary N) is 1. The molecular formula is C21H32IN5O. The number of halogens is 1. The monoisotopic (exact) mass is 497 g/mol. The van der Waals surface area contributed by atoms with Crippen molar-refractivity contribution in [2.24, 2.45) is 16.6 Å². The number of hydrogen-bond donors (Lipinski definition) is 3. The van der Waals surface area contributed by atoms with Crippen molar-refractivity contribution in [3.8, 4) is 0 Å². The number of para-hydroxylation sites is 1. The topological polar surface area (TPSA) is 86.5 Å². The summed E-state index contributed by atoms with van der Waals surface area (Å²) in [5.74, 6) is 1.07. The van der Waals surface area contributed by atoms with Crippen LogP contribution in [-0.4, -0.2) is 47.9 Å². The standard InChI is InChI=1S/C21H31N5O.HI/c1-3-23-21(26-12-6-7-16(14-26)13-20(22)27)24-11-10-17-15(2)25-19-9-5-4-8-18(17)19;/h4-5,8-9,16,25H,3,6-7,10-14H2,1-2H3,(H2,22,27)(H,23,24);1H. The fourth-order valence-corrected chi connectivity index (χ4v) is 4.06. The van der Waals surface area contributed by atoms with Crippen LogP contribution in [0.3, 0.4) is 0 Å². The number of hydrogen-bond acceptors (Lipinski definition) is 2. The molecule has 2 heterocycles. The molecule has 6 nitrogen and oxygen atoms in total. The lowest BCUT2D eigenvalue weighted by atomic mass is 9.95. The third kappa shape index (κ3) is 5.62. The minimum absolute atomic E-state index is 0. The minimum Gasteiger partial charge on any atom is -0.370 e. The van der Waals surface area contributed by atoms with Gasteiger partial charge in [-0.25, -0.2) is 0 Å². The number of carbonyl (C=O) groups excluding carboxylic acids is 1. The molecule has 1 fully saturated rings. The summed E-state index contributed by atoms with van der Waals surface area (Å²) in [4.78, 5) is 21.9. The van der Waals surface area contributed by atoms with Crippen LogP contribution >= 0.6 is 24.0 Å². The van der Waals surface area contributed by atoms with Gasteiger partial charge in [0.25, 0.3) is 0 Å². The molecule has 1 aromatic heterocycles. The second kappa shape index (κ2) is 10.7. The molecule has 2 aromatic rings. The van der Waals surface area contributed by atoms with Crippen molar-refractivity contribution in [2.75, 3.05) is 26.2 Å². The normalized spacial score (nSPS) is 17.4. The van der Waals surface area contributed by atoms with Crippen LogP contribution in [0.4, 0.5) is 0 Å². The summed E-state index contributed by atoms with van der Waals surface area (Å²) in [6.07, 6.45) is 3.50. The number of rotatable bonds is 6. The first-order valence-corrected chi connectivity index (χ1v) is 9.96. The van der Waals surface area contributed by atoms with E-state index in [1.54, 1.807) is 0 Å². The molecule has 3 rings (SSSR count). The largest absolute Gasteiger partial charge is 0.370 e. The number of primary amides is 1. The smallest absolute Gasteiger partial charge is 0.217 e. The summed E-state index contributed by atoms with van der Waals surface area (Å²) in [5.41, 5.74) is 9.14. The van der Waals surface area contributed by atoms with Gasteiger partial charge in [-0.3, -0.25) is 9.79 Å². The number of carbonyl (C=O) groups is 1. The van der Waals surface area contributed by atoms with E-state index in [2.05, 4.69) is 53.3 Å². The Bertz CT molecular complexity index is 816. The molecule has 7 heteroatoms. The zero-order chi connectivity index (χ0) is 19.2. The number of nitrogens with zero attached hydrogens (tertiary/aromatic N) is 2. The fourth-order valence-electron chi connectivity index (χ4n) is 4.06. The highest BCUT2D eigenvalue weighted by molar-refractivity contribution is 14.0. The van der Waals surface area contributed by atoms with Gasteiger partial charge in [-0.15, -0.1) is 24.0 Å². The number of amides is 1. The number of H-pyrrole nitrogens is 1. The summed E-state index contributed by atoms with van der Waals surface area (Å²) in [6, 6.07) is 8.43. The summed E-state index contributed by atoms with van der Waals surface area (Å²) in [6.45, 7) is 7.62. The molecule has 1 aromatic carbocycles. The number of fused-ring (bicyclic) bond motifs is 1. The average molecular weight is 497 g/mol. The second-order valence-corrected chi connectivity index (χ2v) is 7.38. The lowest BCUT2D eigenvalue weighted by Crippen LogP contribution is -2.47. The molecular weight excluding hydrogens is 465 g/mol. The van der Waals surface area contributed by atoms with Crippen molar-refractivity contribution in [2.45, 2.75) is 39.5 Å². The lowest BCUT2D eigenvalue weighted by molar-refractivity contribution is -0.119. The number of aromatic amines is 1. The number of guanidine groups is 1. The number of benzene rings is 1. The molecule has 1 aliphatic heterocycles. The van der Waals surface area contributed by atoms with Crippen LogP contribution in [0.5, 0.6) is 0 Å². The maximum absolute atomic E-state index is 11.3. The number of aromatic nitrogens is 1. The van der Waals surface area contributed by atoms with E-state index in [9.17, 15) is 4.79 Å². The van der Waals surface area contributed by atoms with Crippen LogP contribution in [0.2, 0.25) is 0 Å². The fraction of sp³-hybridized carbons (Fsp3) is 0.524. The van der Waals surface area contributed by atoms with Gasteiger partial charge in [0.2, 0.25) is 5.91 Å². The van der Waals surface area contributed by atoms with Crippen LogP contribution in [0.1, 0.15) is 37.4 Å². The predicted octanol–water partition coefficient (Wildman–Crippen LogP) is 3.19. The zero-order valence-corrected chi connectivity index (χ0v) is 19.2. The minimum atomic E-state index is -0.210. The van der Waals surface area contributed by atoms with Crippen LogP contribution in [0, 0.1) is 12.8 Å². The van der Waals surface area contributed by atoms with Crippen LogP contribution in [-0.2, 0) is 11.2 Å². The van der Waals surface area contributed by atoms with Gasteiger partial charge in [-0.05, 0) is 50.7 Å².